The molecule has 1 aliphatic heterocycles. The number of hydrogen-bond donors (Lipinski definition) is 1. The van der Waals surface area contributed by atoms with Crippen molar-refractivity contribution in [3.63, 3.8) is 0 Å². The maximum atomic E-state index is 13.2. The van der Waals surface area contributed by atoms with Gasteiger partial charge in [0.2, 0.25) is 0 Å². The van der Waals surface area contributed by atoms with E-state index in [0.29, 0.717) is 12.8 Å². The number of nitrogens with zero attached hydrogens (tertiary/aromatic N) is 2. The number of unbranched alkanes of at least 4 members (excludes halogenated alkanes) is 2. The van der Waals surface area contributed by atoms with Gasteiger partial charge in [0.1, 0.15) is 0 Å². The second-order valence-corrected chi connectivity index (χ2v) is 13.0. The number of Topliss-reactive ketones (excluding diaryl/α,β-unsaturated/α-hetero) is 1. The van der Waals surface area contributed by atoms with Crippen molar-refractivity contribution in [2.24, 2.45) is 5.92 Å². The summed E-state index contributed by atoms with van der Waals surface area (Å²) in [4.78, 5) is 44.3. The van der Waals surface area contributed by atoms with E-state index in [4.69, 9.17) is 4.98 Å². The Bertz CT molecular complexity index is 926. The molecule has 0 bridgehead atoms. The van der Waals surface area contributed by atoms with Crippen molar-refractivity contribution < 1.29 is 14.4 Å². The fourth-order valence-electron chi connectivity index (χ4n) is 3.99. The van der Waals surface area contributed by atoms with Crippen molar-refractivity contribution in [1.82, 2.24) is 15.2 Å². The number of likely N-dealkylation sites (tertiary alicyclic amines) is 1. The number of thiazole rings is 1. The number of hydrogen-bond acceptors (Lipinski definition) is 6. The Morgan fingerprint density at radius 2 is 1.88 bits per heavy atom. The van der Waals surface area contributed by atoms with Gasteiger partial charge in [-0.05, 0) is 0 Å². The van der Waals surface area contributed by atoms with Crippen LogP contribution in [-0.4, -0.2) is 68.1 Å². The molecule has 0 radical (unpaired) electrons. The summed E-state index contributed by atoms with van der Waals surface area (Å²) < 4.78 is 1.03. The van der Waals surface area contributed by atoms with E-state index < -0.39 is 21.8 Å². The second kappa shape index (κ2) is 13.2. The third-order valence-electron chi connectivity index (χ3n) is 6.05. The van der Waals surface area contributed by atoms with Gasteiger partial charge in [0, 0.05) is 0 Å². The summed E-state index contributed by atoms with van der Waals surface area (Å²) in [5, 5.41) is 5.10. The molecule has 0 aliphatic carbocycles. The van der Waals surface area contributed by atoms with Crippen molar-refractivity contribution in [2.75, 3.05) is 20.1 Å². The van der Waals surface area contributed by atoms with Gasteiger partial charge in [-0.2, -0.15) is 0 Å². The molecule has 1 fully saturated rings. The molecule has 1 aromatic carbocycles. The zero-order valence-electron chi connectivity index (χ0n) is 19.5. The Balaban J connectivity index is 1.60. The zero-order valence-corrected chi connectivity index (χ0v) is 22.4. The average Bonchev–Trinajstić information content (AvgIpc) is 3.27. The number of nitrogens with one attached hydrogen (secondary N) is 1. The molecule has 1 aliphatic rings. The first-order chi connectivity index (χ1) is 15.9. The first-order valence-corrected chi connectivity index (χ1v) is 14.7. The van der Waals surface area contributed by atoms with E-state index in [1.165, 1.54) is 0 Å². The summed E-state index contributed by atoms with van der Waals surface area (Å²) in [6.07, 6.45) is 5.45. The van der Waals surface area contributed by atoms with Gasteiger partial charge in [-0.25, -0.2) is 0 Å². The van der Waals surface area contributed by atoms with Gasteiger partial charge in [-0.3, -0.25) is 0 Å². The Labute approximate surface area is 207 Å². The van der Waals surface area contributed by atoms with E-state index >= 15 is 0 Å². The van der Waals surface area contributed by atoms with Crippen LogP contribution in [0.25, 0.3) is 11.3 Å². The number of ketones is 1. The minimum atomic E-state index is -1.11. The minimum absolute atomic E-state index is 0.0147. The molecule has 1 N–H and O–H groups in total. The molecule has 1 aromatic heterocycles. The summed E-state index contributed by atoms with van der Waals surface area (Å²) in [6.45, 7) is 3.44. The van der Waals surface area contributed by atoms with Crippen molar-refractivity contribution in [1.29, 1.82) is 0 Å². The molecule has 1 saturated heterocycles. The number of piperidine rings is 1. The quantitative estimate of drug-likeness (QED) is 0.337. The van der Waals surface area contributed by atoms with Gasteiger partial charge in [0.15, 0.2) is 0 Å². The van der Waals surface area contributed by atoms with Crippen LogP contribution in [0.15, 0.2) is 35.7 Å². The summed E-state index contributed by atoms with van der Waals surface area (Å²) in [5.41, 5.74) is 1.96. The number of carbonyl (C=O) groups is 3. The topological polar surface area (TPSA) is 79.4 Å². The summed E-state index contributed by atoms with van der Waals surface area (Å²) in [6, 6.07) is 9.53. The van der Waals surface area contributed by atoms with Gasteiger partial charge < -0.3 is 0 Å². The molecule has 1 amide bonds. The van der Waals surface area contributed by atoms with Crippen LogP contribution in [0.3, 0.4) is 0 Å². The molecule has 2 aromatic rings. The maximum absolute atomic E-state index is 13.2. The van der Waals surface area contributed by atoms with E-state index in [9.17, 15) is 14.4 Å². The third kappa shape index (κ3) is 8.47. The normalized spacial score (nSPS) is 16.2. The number of carbonyl (C=O) groups excluding carboxylic acids is 3. The number of aromatic nitrogens is 1. The molecule has 8 heteroatoms. The van der Waals surface area contributed by atoms with Crippen molar-refractivity contribution >= 4 is 47.1 Å². The van der Waals surface area contributed by atoms with E-state index in [-0.39, 0.29) is 22.2 Å². The predicted molar refractivity (Wildman–Crippen MR) is 135 cm³/mol. The van der Waals surface area contributed by atoms with Crippen LogP contribution < -0.4 is 9.11 Å². The molecule has 0 spiro atoms. The Morgan fingerprint density at radius 1 is 1.15 bits per heavy atom. The Kier molecular flexibility index (Phi) is 10.3. The van der Waals surface area contributed by atoms with Gasteiger partial charge in [-0.15, -0.1) is 0 Å². The Hall–Kier alpha value is -1.82. The molecule has 1 unspecified atom stereocenters. The van der Waals surface area contributed by atoms with Crippen LogP contribution in [0.5, 0.6) is 0 Å². The fourth-order valence-corrected chi connectivity index (χ4v) is 7.51. The van der Waals surface area contributed by atoms with Crippen molar-refractivity contribution in [2.45, 2.75) is 57.9 Å². The van der Waals surface area contributed by atoms with Crippen molar-refractivity contribution in [3.8, 4) is 11.3 Å². The summed E-state index contributed by atoms with van der Waals surface area (Å²) in [7, 11) is 2.07. The van der Waals surface area contributed by atoms with Gasteiger partial charge in [0.05, 0.1) is 0 Å². The molecule has 0 saturated carbocycles. The first kappa shape index (κ1) is 25.8. The van der Waals surface area contributed by atoms with Crippen LogP contribution in [0.1, 0.15) is 51.9 Å². The van der Waals surface area contributed by atoms with E-state index in [1.54, 1.807) is 18.3 Å². The van der Waals surface area contributed by atoms with Gasteiger partial charge in [0.25, 0.3) is 0 Å². The predicted octanol–water partition coefficient (Wildman–Crippen LogP) is 2.76. The molecular weight excluding hydrogens is 497 g/mol. The fraction of sp³-hybridized carbons (Fsp3) is 0.520. The standard InChI is InChI=1S/C25H34AsN3O3S/c1-18(30)9-5-3-8-12-21(27-24(32)20-13-15-29(2)16-14-20)23(31)26-25-28-22(17-33-25)19-10-6-4-7-11-19/h4,6-7,10-11,17,20-21,26H,3,5,8-9,12-16H2,1-2H3,(H,27,32)/t21-/m0/s1. The molecule has 3 rings (SSSR count). The van der Waals surface area contributed by atoms with E-state index in [2.05, 4.69) is 17.3 Å². The number of benzene rings is 1. The molecule has 33 heavy (non-hydrogen) atoms. The van der Waals surface area contributed by atoms with Gasteiger partial charge in [-0.1, -0.05) is 0 Å². The second-order valence-electron chi connectivity index (χ2n) is 8.83. The Morgan fingerprint density at radius 3 is 2.58 bits per heavy atom. The number of rotatable bonds is 12. The van der Waals surface area contributed by atoms with E-state index in [0.717, 1.165) is 60.2 Å². The molecule has 2 heterocycles. The zero-order chi connectivity index (χ0) is 23.6. The third-order valence-corrected chi connectivity index (χ3v) is 9.91. The SMILES string of the molecule is CC(=O)CCCCC[C@H](NC(=O)C1CCN(C)CC1)C(=O)[AsH]c1nc(-c2ccccc2)cs1. The summed E-state index contributed by atoms with van der Waals surface area (Å²) in [5.74, 6) is 0.197. The van der Waals surface area contributed by atoms with Crippen LogP contribution in [0.2, 0.25) is 0 Å². The molecule has 2 atom stereocenters. The monoisotopic (exact) mass is 531 g/mol. The molecule has 178 valence electrons. The van der Waals surface area contributed by atoms with Crippen LogP contribution >= 0.6 is 11.3 Å². The van der Waals surface area contributed by atoms with E-state index in [1.807, 2.05) is 35.7 Å². The van der Waals surface area contributed by atoms with Crippen LogP contribution in [-0.2, 0) is 14.4 Å². The molecular formula is C25H34AsN3O3S. The summed E-state index contributed by atoms with van der Waals surface area (Å²) >= 11 is 0.430. The van der Waals surface area contributed by atoms with Gasteiger partial charge >= 0.3 is 208 Å². The van der Waals surface area contributed by atoms with Crippen LogP contribution in [0.4, 0.5) is 0 Å². The van der Waals surface area contributed by atoms with Crippen molar-refractivity contribution in [3.05, 3.63) is 35.7 Å². The molecule has 6 nitrogen and oxygen atoms in total. The average molecular weight is 532 g/mol. The van der Waals surface area contributed by atoms with Crippen LogP contribution in [0, 0.1) is 5.92 Å². The first-order valence-electron chi connectivity index (χ1n) is 11.7. The number of amides is 1.